The average molecular weight is 224 g/mol. The van der Waals surface area contributed by atoms with Gasteiger partial charge in [0.1, 0.15) is 6.67 Å². The fraction of sp³-hybridized carbons (Fsp3) is 1.00. The highest BCUT2D eigenvalue weighted by molar-refractivity contribution is 4.34. The molecule has 0 rings (SSSR count). The number of rotatable bonds is 12. The first-order valence-corrected chi connectivity index (χ1v) is 5.28. The highest BCUT2D eigenvalue weighted by Crippen LogP contribution is 1.82. The fourth-order valence-corrected chi connectivity index (χ4v) is 0.859. The molecular formula is C10H21FO4. The van der Waals surface area contributed by atoms with Crippen LogP contribution in [0.25, 0.3) is 0 Å². The van der Waals surface area contributed by atoms with Crippen LogP contribution in [0.5, 0.6) is 0 Å². The molecule has 0 aromatic heterocycles. The fourth-order valence-electron chi connectivity index (χ4n) is 0.859. The van der Waals surface area contributed by atoms with E-state index in [-0.39, 0.29) is 6.61 Å². The average Bonchev–Trinajstić information content (AvgIpc) is 2.26. The lowest BCUT2D eigenvalue weighted by Crippen LogP contribution is -2.12. The summed E-state index contributed by atoms with van der Waals surface area (Å²) in [7, 11) is 0. The molecule has 15 heavy (non-hydrogen) atoms. The van der Waals surface area contributed by atoms with Crippen LogP contribution in [0.2, 0.25) is 0 Å². The van der Waals surface area contributed by atoms with Gasteiger partial charge in [0.2, 0.25) is 0 Å². The molecule has 0 spiro atoms. The highest BCUT2D eigenvalue weighted by atomic mass is 19.1. The number of hydrogen-bond acceptors (Lipinski definition) is 4. The summed E-state index contributed by atoms with van der Waals surface area (Å²) >= 11 is 0. The van der Waals surface area contributed by atoms with Gasteiger partial charge in [0.05, 0.1) is 46.2 Å². The molecule has 0 saturated carbocycles. The van der Waals surface area contributed by atoms with Gasteiger partial charge in [0, 0.05) is 6.61 Å². The van der Waals surface area contributed by atoms with E-state index in [2.05, 4.69) is 0 Å². The van der Waals surface area contributed by atoms with Gasteiger partial charge in [-0.2, -0.15) is 0 Å². The third-order valence-corrected chi connectivity index (χ3v) is 1.54. The van der Waals surface area contributed by atoms with Crippen molar-refractivity contribution >= 4 is 0 Å². The van der Waals surface area contributed by atoms with Crippen LogP contribution >= 0.6 is 0 Å². The van der Waals surface area contributed by atoms with Crippen LogP contribution in [0.1, 0.15) is 6.92 Å². The van der Waals surface area contributed by atoms with Crippen molar-refractivity contribution in [2.75, 3.05) is 59.5 Å². The molecule has 0 aromatic carbocycles. The lowest BCUT2D eigenvalue weighted by atomic mass is 10.7. The van der Waals surface area contributed by atoms with Crippen LogP contribution in [0.4, 0.5) is 4.39 Å². The van der Waals surface area contributed by atoms with Gasteiger partial charge in [0.25, 0.3) is 0 Å². The third kappa shape index (κ3) is 13.8. The second kappa shape index (κ2) is 13.8. The monoisotopic (exact) mass is 224 g/mol. The molecule has 0 aliphatic carbocycles. The number of ether oxygens (including phenoxy) is 4. The van der Waals surface area contributed by atoms with Gasteiger partial charge < -0.3 is 18.9 Å². The number of hydrogen-bond donors (Lipinski definition) is 0. The predicted octanol–water partition coefficient (Wildman–Crippen LogP) is 1.04. The topological polar surface area (TPSA) is 36.9 Å². The van der Waals surface area contributed by atoms with Gasteiger partial charge in [-0.3, -0.25) is 0 Å². The minimum atomic E-state index is -0.444. The van der Waals surface area contributed by atoms with Crippen LogP contribution in [-0.4, -0.2) is 59.5 Å². The summed E-state index contributed by atoms with van der Waals surface area (Å²) < 4.78 is 31.9. The van der Waals surface area contributed by atoms with Crippen molar-refractivity contribution in [3.63, 3.8) is 0 Å². The molecule has 92 valence electrons. The van der Waals surface area contributed by atoms with E-state index in [1.165, 1.54) is 0 Å². The van der Waals surface area contributed by atoms with Crippen LogP contribution in [0.15, 0.2) is 0 Å². The summed E-state index contributed by atoms with van der Waals surface area (Å²) in [5.74, 6) is 0. The standard InChI is InChI=1S/C10H21FO4/c1-2-12-5-6-14-9-10-15-8-7-13-4-3-11/h2-10H2,1H3. The van der Waals surface area contributed by atoms with E-state index >= 15 is 0 Å². The minimum Gasteiger partial charge on any atom is -0.379 e. The molecule has 5 heteroatoms. The Kier molecular flexibility index (Phi) is 13.6. The molecule has 0 fully saturated rings. The van der Waals surface area contributed by atoms with Crippen molar-refractivity contribution in [3.8, 4) is 0 Å². The summed E-state index contributed by atoms with van der Waals surface area (Å²) in [5, 5.41) is 0. The van der Waals surface area contributed by atoms with Crippen LogP contribution < -0.4 is 0 Å². The zero-order valence-corrected chi connectivity index (χ0v) is 9.37. The van der Waals surface area contributed by atoms with E-state index in [1.807, 2.05) is 6.92 Å². The summed E-state index contributed by atoms with van der Waals surface area (Å²) in [6.07, 6.45) is 0. The molecule has 0 radical (unpaired) electrons. The van der Waals surface area contributed by atoms with Gasteiger partial charge in [0.15, 0.2) is 0 Å². The quantitative estimate of drug-likeness (QED) is 0.464. The maximum absolute atomic E-state index is 11.6. The largest absolute Gasteiger partial charge is 0.379 e. The first-order valence-electron chi connectivity index (χ1n) is 5.28. The lowest BCUT2D eigenvalue weighted by Gasteiger charge is -2.06. The Hall–Kier alpha value is -0.230. The molecule has 0 unspecified atom stereocenters. The van der Waals surface area contributed by atoms with Gasteiger partial charge in [-0.15, -0.1) is 0 Å². The Bertz CT molecular complexity index is 102. The molecule has 0 bridgehead atoms. The van der Waals surface area contributed by atoms with Crippen molar-refractivity contribution < 1.29 is 23.3 Å². The molecular weight excluding hydrogens is 203 g/mol. The van der Waals surface area contributed by atoms with Gasteiger partial charge in [-0.25, -0.2) is 4.39 Å². The van der Waals surface area contributed by atoms with Crippen LogP contribution in [0.3, 0.4) is 0 Å². The van der Waals surface area contributed by atoms with Crippen molar-refractivity contribution in [1.82, 2.24) is 0 Å². The normalized spacial score (nSPS) is 10.8. The van der Waals surface area contributed by atoms with E-state index in [1.54, 1.807) is 0 Å². The van der Waals surface area contributed by atoms with Crippen LogP contribution in [0, 0.1) is 0 Å². The summed E-state index contributed by atoms with van der Waals surface area (Å²) in [4.78, 5) is 0. The zero-order valence-electron chi connectivity index (χ0n) is 9.37. The van der Waals surface area contributed by atoms with E-state index in [0.29, 0.717) is 46.2 Å². The molecule has 0 aliphatic rings. The molecule has 0 saturated heterocycles. The minimum absolute atomic E-state index is 0.147. The summed E-state index contributed by atoms with van der Waals surface area (Å²) in [6, 6.07) is 0. The number of halogens is 1. The number of alkyl halides is 1. The Morgan fingerprint density at radius 3 is 1.47 bits per heavy atom. The predicted molar refractivity (Wildman–Crippen MR) is 54.9 cm³/mol. The molecule has 0 N–H and O–H groups in total. The second-order valence-electron chi connectivity index (χ2n) is 2.72. The Labute approximate surface area is 90.6 Å². The van der Waals surface area contributed by atoms with E-state index in [0.717, 1.165) is 0 Å². The first-order chi connectivity index (χ1) is 7.41. The molecule has 0 heterocycles. The van der Waals surface area contributed by atoms with E-state index < -0.39 is 6.67 Å². The maximum Gasteiger partial charge on any atom is 0.113 e. The van der Waals surface area contributed by atoms with Crippen molar-refractivity contribution in [2.24, 2.45) is 0 Å². The SMILES string of the molecule is CCOCCOCCOCCOCCF. The van der Waals surface area contributed by atoms with E-state index in [9.17, 15) is 4.39 Å². The van der Waals surface area contributed by atoms with Gasteiger partial charge >= 0.3 is 0 Å². The van der Waals surface area contributed by atoms with Gasteiger partial charge in [-0.05, 0) is 6.92 Å². The summed E-state index contributed by atoms with van der Waals surface area (Å²) in [6.45, 7) is 5.58. The van der Waals surface area contributed by atoms with Crippen molar-refractivity contribution in [3.05, 3.63) is 0 Å². The van der Waals surface area contributed by atoms with Gasteiger partial charge in [-0.1, -0.05) is 0 Å². The van der Waals surface area contributed by atoms with Crippen LogP contribution in [-0.2, 0) is 18.9 Å². The Balaban J connectivity index is 2.81. The smallest absolute Gasteiger partial charge is 0.113 e. The molecule has 0 aromatic rings. The van der Waals surface area contributed by atoms with Crippen molar-refractivity contribution in [2.45, 2.75) is 6.92 Å². The first kappa shape index (κ1) is 14.8. The Morgan fingerprint density at radius 2 is 1.07 bits per heavy atom. The zero-order chi connectivity index (χ0) is 11.2. The third-order valence-electron chi connectivity index (χ3n) is 1.54. The Morgan fingerprint density at radius 1 is 0.667 bits per heavy atom. The molecule has 0 amide bonds. The van der Waals surface area contributed by atoms with E-state index in [4.69, 9.17) is 18.9 Å². The summed E-state index contributed by atoms with van der Waals surface area (Å²) in [5.41, 5.74) is 0. The van der Waals surface area contributed by atoms with Crippen molar-refractivity contribution in [1.29, 1.82) is 0 Å². The second-order valence-corrected chi connectivity index (χ2v) is 2.72. The highest BCUT2D eigenvalue weighted by Gasteiger charge is 1.91. The molecule has 4 nitrogen and oxygen atoms in total. The molecule has 0 aliphatic heterocycles. The molecule has 0 atom stereocenters. The maximum atomic E-state index is 11.6. The lowest BCUT2D eigenvalue weighted by molar-refractivity contribution is -0.00170.